The molecule has 2 aromatic rings. The quantitative estimate of drug-likeness (QED) is 0.925. The number of amides is 1. The maximum Gasteiger partial charge on any atom is 0.346 e. The first-order valence-electron chi connectivity index (χ1n) is 7.61. The van der Waals surface area contributed by atoms with Crippen molar-refractivity contribution in [2.45, 2.75) is 26.2 Å². The number of piperidine rings is 1. The molecular formula is C17H19N3O2. The number of carbonyl (C=O) groups excluding carboxylic acids is 1. The molecule has 1 saturated heterocycles. The maximum absolute atomic E-state index is 12.5. The van der Waals surface area contributed by atoms with Gasteiger partial charge in [0, 0.05) is 18.7 Å². The molecule has 22 heavy (non-hydrogen) atoms. The van der Waals surface area contributed by atoms with Gasteiger partial charge in [0.15, 0.2) is 0 Å². The van der Waals surface area contributed by atoms with Gasteiger partial charge < -0.3 is 9.88 Å². The minimum Gasteiger partial charge on any atom is -0.337 e. The third-order valence-corrected chi connectivity index (χ3v) is 3.97. The third kappa shape index (κ3) is 3.08. The van der Waals surface area contributed by atoms with Crippen LogP contribution in [-0.2, 0) is 0 Å². The highest BCUT2D eigenvalue weighted by molar-refractivity contribution is 5.93. The smallest absolute Gasteiger partial charge is 0.337 e. The van der Waals surface area contributed by atoms with Gasteiger partial charge in [-0.05, 0) is 32.3 Å². The van der Waals surface area contributed by atoms with Gasteiger partial charge in [0.2, 0.25) is 0 Å². The second-order valence-corrected chi connectivity index (χ2v) is 5.70. The number of aryl methyl sites for hydroxylation is 1. The van der Waals surface area contributed by atoms with Crippen LogP contribution >= 0.6 is 0 Å². The molecule has 1 N–H and O–H groups in total. The number of hydrogen-bond donors (Lipinski definition) is 1. The predicted molar refractivity (Wildman–Crippen MR) is 84.8 cm³/mol. The number of nitrogens with zero attached hydrogens (tertiary/aromatic N) is 2. The zero-order chi connectivity index (χ0) is 15.5. The molecule has 1 fully saturated rings. The Labute approximate surface area is 129 Å². The lowest BCUT2D eigenvalue weighted by molar-refractivity contribution is 0.0718. The summed E-state index contributed by atoms with van der Waals surface area (Å²) in [6.45, 7) is 3.51. The van der Waals surface area contributed by atoms with Gasteiger partial charge in [0.25, 0.3) is 5.91 Å². The molecule has 114 valence electrons. The summed E-state index contributed by atoms with van der Waals surface area (Å²) in [7, 11) is 0. The van der Waals surface area contributed by atoms with Crippen LogP contribution in [0.15, 0.2) is 35.1 Å². The maximum atomic E-state index is 12.5. The second-order valence-electron chi connectivity index (χ2n) is 5.70. The normalized spacial score (nSPS) is 14.9. The van der Waals surface area contributed by atoms with E-state index in [-0.39, 0.29) is 5.91 Å². The number of nitrogens with one attached hydrogen (secondary N) is 1. The number of carbonyl (C=O) groups is 1. The molecule has 2 heterocycles. The fraction of sp³-hybridized carbons (Fsp3) is 0.353. The van der Waals surface area contributed by atoms with Gasteiger partial charge in [-0.15, -0.1) is 0 Å². The van der Waals surface area contributed by atoms with Crippen molar-refractivity contribution in [2.75, 3.05) is 13.1 Å². The van der Waals surface area contributed by atoms with E-state index in [9.17, 15) is 9.59 Å². The van der Waals surface area contributed by atoms with Crippen LogP contribution in [0.25, 0.3) is 11.3 Å². The summed E-state index contributed by atoms with van der Waals surface area (Å²) >= 11 is 0. The van der Waals surface area contributed by atoms with Crippen molar-refractivity contribution < 1.29 is 4.79 Å². The number of rotatable bonds is 2. The van der Waals surface area contributed by atoms with Crippen molar-refractivity contribution in [3.63, 3.8) is 0 Å². The molecule has 0 bridgehead atoms. The molecule has 0 saturated carbocycles. The molecule has 0 spiro atoms. The van der Waals surface area contributed by atoms with E-state index >= 15 is 0 Å². The molecule has 0 aliphatic carbocycles. The van der Waals surface area contributed by atoms with Gasteiger partial charge in [-0.3, -0.25) is 4.79 Å². The topological polar surface area (TPSA) is 66.1 Å². The Bertz CT molecular complexity index is 728. The van der Waals surface area contributed by atoms with E-state index in [0.29, 0.717) is 11.4 Å². The van der Waals surface area contributed by atoms with Crippen LogP contribution in [-0.4, -0.2) is 33.9 Å². The second kappa shape index (κ2) is 6.13. The van der Waals surface area contributed by atoms with Crippen molar-refractivity contribution in [1.29, 1.82) is 0 Å². The van der Waals surface area contributed by atoms with Crippen LogP contribution in [0, 0.1) is 6.92 Å². The lowest BCUT2D eigenvalue weighted by atomic mass is 10.1. The Morgan fingerprint density at radius 2 is 1.82 bits per heavy atom. The molecule has 1 aromatic heterocycles. The molecule has 3 rings (SSSR count). The zero-order valence-corrected chi connectivity index (χ0v) is 12.6. The van der Waals surface area contributed by atoms with Crippen LogP contribution in [0.4, 0.5) is 0 Å². The van der Waals surface area contributed by atoms with Crippen LogP contribution < -0.4 is 5.69 Å². The Hall–Kier alpha value is -2.43. The lowest BCUT2D eigenvalue weighted by Gasteiger charge is -2.26. The van der Waals surface area contributed by atoms with E-state index in [1.807, 2.05) is 31.2 Å². The number of aromatic amines is 1. The molecule has 0 radical (unpaired) electrons. The molecule has 1 aliphatic heterocycles. The van der Waals surface area contributed by atoms with Crippen LogP contribution in [0.5, 0.6) is 0 Å². The summed E-state index contributed by atoms with van der Waals surface area (Å²) in [5, 5.41) is 0. The minimum absolute atomic E-state index is 0.118. The minimum atomic E-state index is -0.488. The average molecular weight is 297 g/mol. The molecule has 5 nitrogen and oxygen atoms in total. The Morgan fingerprint density at radius 1 is 1.14 bits per heavy atom. The summed E-state index contributed by atoms with van der Waals surface area (Å²) in [6.07, 6.45) is 3.20. The number of hydrogen-bond acceptors (Lipinski definition) is 3. The van der Waals surface area contributed by atoms with Crippen molar-refractivity contribution in [1.82, 2.24) is 14.9 Å². The van der Waals surface area contributed by atoms with Gasteiger partial charge in [0.05, 0.1) is 5.69 Å². The highest BCUT2D eigenvalue weighted by Gasteiger charge is 2.20. The van der Waals surface area contributed by atoms with Crippen LogP contribution in [0.3, 0.4) is 0 Å². The van der Waals surface area contributed by atoms with E-state index in [1.54, 1.807) is 11.0 Å². The van der Waals surface area contributed by atoms with E-state index in [0.717, 1.165) is 43.5 Å². The third-order valence-electron chi connectivity index (χ3n) is 3.97. The first-order chi connectivity index (χ1) is 10.6. The van der Waals surface area contributed by atoms with Gasteiger partial charge >= 0.3 is 5.69 Å². The van der Waals surface area contributed by atoms with E-state index in [2.05, 4.69) is 9.97 Å². The van der Waals surface area contributed by atoms with E-state index < -0.39 is 5.69 Å². The Morgan fingerprint density at radius 3 is 2.50 bits per heavy atom. The van der Waals surface area contributed by atoms with Crippen molar-refractivity contribution in [3.8, 4) is 11.3 Å². The molecule has 0 atom stereocenters. The van der Waals surface area contributed by atoms with Crippen LogP contribution in [0.1, 0.15) is 35.3 Å². The molecule has 1 amide bonds. The van der Waals surface area contributed by atoms with Crippen molar-refractivity contribution in [2.24, 2.45) is 0 Å². The number of likely N-dealkylation sites (tertiary alicyclic amines) is 1. The van der Waals surface area contributed by atoms with E-state index in [1.165, 1.54) is 0 Å². The summed E-state index contributed by atoms with van der Waals surface area (Å²) in [5.74, 6) is -0.118. The Balaban J connectivity index is 1.94. The summed E-state index contributed by atoms with van der Waals surface area (Å²) in [4.78, 5) is 32.7. The fourth-order valence-electron chi connectivity index (χ4n) is 2.71. The predicted octanol–water partition coefficient (Wildman–Crippen LogP) is 2.37. The molecular weight excluding hydrogens is 278 g/mol. The summed E-state index contributed by atoms with van der Waals surface area (Å²) in [6, 6.07) is 9.41. The average Bonchev–Trinajstić information content (AvgIpc) is 2.55. The number of benzene rings is 1. The van der Waals surface area contributed by atoms with Crippen molar-refractivity contribution >= 4 is 5.91 Å². The standard InChI is InChI=1S/C17H19N3O2/c1-12-5-7-13(8-6-12)14-11-15(19-17(22)18-14)16(21)20-9-3-2-4-10-20/h5-8,11H,2-4,9-10H2,1H3,(H,18,19,22). The van der Waals surface area contributed by atoms with Gasteiger partial charge in [-0.25, -0.2) is 4.79 Å². The number of H-pyrrole nitrogens is 1. The largest absolute Gasteiger partial charge is 0.346 e. The van der Waals surface area contributed by atoms with Crippen molar-refractivity contribution in [3.05, 3.63) is 52.1 Å². The van der Waals surface area contributed by atoms with Gasteiger partial charge in [0.1, 0.15) is 5.69 Å². The van der Waals surface area contributed by atoms with Gasteiger partial charge in [-0.2, -0.15) is 4.98 Å². The molecule has 0 unspecified atom stereocenters. The lowest BCUT2D eigenvalue weighted by Crippen LogP contribution is -2.37. The zero-order valence-electron chi connectivity index (χ0n) is 12.6. The summed E-state index contributed by atoms with van der Waals surface area (Å²) < 4.78 is 0. The van der Waals surface area contributed by atoms with Gasteiger partial charge in [-0.1, -0.05) is 29.8 Å². The molecule has 1 aliphatic rings. The monoisotopic (exact) mass is 297 g/mol. The highest BCUT2D eigenvalue weighted by atomic mass is 16.2. The SMILES string of the molecule is Cc1ccc(-c2cc(C(=O)N3CCCCC3)[nH]c(=O)n2)cc1. The Kier molecular flexibility index (Phi) is 4.04. The number of aromatic nitrogens is 2. The van der Waals surface area contributed by atoms with E-state index in [4.69, 9.17) is 0 Å². The molecule has 5 heteroatoms. The van der Waals surface area contributed by atoms with Crippen LogP contribution in [0.2, 0.25) is 0 Å². The fourth-order valence-corrected chi connectivity index (χ4v) is 2.71. The first kappa shape index (κ1) is 14.5. The first-order valence-corrected chi connectivity index (χ1v) is 7.61. The summed E-state index contributed by atoms with van der Waals surface area (Å²) in [5.41, 5.74) is 2.34. The highest BCUT2D eigenvalue weighted by Crippen LogP contribution is 2.18. The molecule has 1 aromatic carbocycles.